The molecule has 1 heterocycles. The largest absolute Gasteiger partial charge is 0.355 e. The predicted molar refractivity (Wildman–Crippen MR) is 58.1 cm³/mol. The van der Waals surface area contributed by atoms with Crippen molar-refractivity contribution in [1.82, 2.24) is 10.2 Å². The Morgan fingerprint density at radius 1 is 1.57 bits per heavy atom. The molecule has 1 aromatic rings. The number of nitrogens with zero attached hydrogens (tertiary/aromatic N) is 3. The van der Waals surface area contributed by atoms with E-state index in [1.54, 1.807) is 6.20 Å². The number of nitrogens with two attached hydrogens (primary N) is 1. The van der Waals surface area contributed by atoms with Gasteiger partial charge in [-0.2, -0.15) is 5.10 Å². The lowest BCUT2D eigenvalue weighted by Crippen LogP contribution is -2.32. The van der Waals surface area contributed by atoms with Gasteiger partial charge in [0.05, 0.1) is 0 Å². The van der Waals surface area contributed by atoms with Crippen molar-refractivity contribution in [3.8, 4) is 0 Å². The summed E-state index contributed by atoms with van der Waals surface area (Å²) in [6.45, 7) is 6.82. The average molecular weight is 194 g/mol. The van der Waals surface area contributed by atoms with E-state index in [1.165, 1.54) is 0 Å². The predicted octanol–water partition coefficient (Wildman–Crippen LogP) is 0.898. The molecule has 0 aliphatic rings. The maximum atomic E-state index is 5.59. The molecule has 0 spiro atoms. The Labute approximate surface area is 85.1 Å². The number of rotatable bonds is 5. The van der Waals surface area contributed by atoms with E-state index in [-0.39, 0.29) is 0 Å². The molecule has 0 aliphatic heterocycles. The molecule has 2 N–H and O–H groups in total. The molecule has 14 heavy (non-hydrogen) atoms. The van der Waals surface area contributed by atoms with Gasteiger partial charge in [-0.3, -0.25) is 0 Å². The standard InChI is InChI=1S/C10H18N4/c1-3-14(8-9(2)7-11)10-5-4-6-12-13-10/h4-6,9H,3,7-8,11H2,1-2H3. The third-order valence-electron chi connectivity index (χ3n) is 2.20. The Kier molecular flexibility index (Phi) is 4.32. The number of aromatic nitrogens is 2. The Morgan fingerprint density at radius 2 is 2.36 bits per heavy atom. The van der Waals surface area contributed by atoms with Crippen LogP contribution in [0.4, 0.5) is 5.82 Å². The Morgan fingerprint density at radius 3 is 2.86 bits per heavy atom. The van der Waals surface area contributed by atoms with E-state index in [2.05, 4.69) is 28.9 Å². The van der Waals surface area contributed by atoms with E-state index >= 15 is 0 Å². The van der Waals surface area contributed by atoms with Crippen LogP contribution in [0.3, 0.4) is 0 Å². The summed E-state index contributed by atoms with van der Waals surface area (Å²) in [5, 5.41) is 7.94. The van der Waals surface area contributed by atoms with Crippen LogP contribution in [0, 0.1) is 5.92 Å². The fourth-order valence-electron chi connectivity index (χ4n) is 1.30. The van der Waals surface area contributed by atoms with E-state index in [0.717, 1.165) is 18.9 Å². The minimum atomic E-state index is 0.483. The van der Waals surface area contributed by atoms with Crippen molar-refractivity contribution in [2.75, 3.05) is 24.5 Å². The first kappa shape index (κ1) is 10.9. The number of anilines is 1. The Hall–Kier alpha value is -1.16. The molecule has 4 nitrogen and oxygen atoms in total. The molecule has 1 aromatic heterocycles. The van der Waals surface area contributed by atoms with Crippen LogP contribution in [0.1, 0.15) is 13.8 Å². The van der Waals surface area contributed by atoms with Gasteiger partial charge in [0.25, 0.3) is 0 Å². The summed E-state index contributed by atoms with van der Waals surface area (Å²) in [6, 6.07) is 3.87. The van der Waals surface area contributed by atoms with Crippen LogP contribution in [0.15, 0.2) is 18.3 Å². The maximum Gasteiger partial charge on any atom is 0.151 e. The molecule has 4 heteroatoms. The zero-order valence-corrected chi connectivity index (χ0v) is 8.85. The first-order chi connectivity index (χ1) is 6.77. The summed E-state index contributed by atoms with van der Waals surface area (Å²) in [6.07, 6.45) is 1.68. The number of hydrogen-bond acceptors (Lipinski definition) is 4. The topological polar surface area (TPSA) is 55.0 Å². The molecule has 1 atom stereocenters. The van der Waals surface area contributed by atoms with Gasteiger partial charge in [-0.25, -0.2) is 0 Å². The van der Waals surface area contributed by atoms with Gasteiger partial charge in [0, 0.05) is 19.3 Å². The fourth-order valence-corrected chi connectivity index (χ4v) is 1.30. The zero-order chi connectivity index (χ0) is 10.4. The van der Waals surface area contributed by atoms with Crippen molar-refractivity contribution in [3.63, 3.8) is 0 Å². The van der Waals surface area contributed by atoms with Crippen molar-refractivity contribution >= 4 is 5.82 Å². The summed E-state index contributed by atoms with van der Waals surface area (Å²) in [5.41, 5.74) is 5.59. The monoisotopic (exact) mass is 194 g/mol. The van der Waals surface area contributed by atoms with E-state index in [9.17, 15) is 0 Å². The van der Waals surface area contributed by atoms with Crippen LogP contribution >= 0.6 is 0 Å². The fraction of sp³-hybridized carbons (Fsp3) is 0.600. The molecule has 78 valence electrons. The average Bonchev–Trinajstić information content (AvgIpc) is 2.26. The lowest BCUT2D eigenvalue weighted by molar-refractivity contribution is 0.571. The first-order valence-corrected chi connectivity index (χ1v) is 5.00. The minimum absolute atomic E-state index is 0.483. The zero-order valence-electron chi connectivity index (χ0n) is 8.85. The molecule has 0 fully saturated rings. The molecule has 0 amide bonds. The van der Waals surface area contributed by atoms with Gasteiger partial charge < -0.3 is 10.6 Å². The molecule has 0 bridgehead atoms. The van der Waals surface area contributed by atoms with E-state index in [1.807, 2.05) is 12.1 Å². The van der Waals surface area contributed by atoms with E-state index in [4.69, 9.17) is 5.73 Å². The van der Waals surface area contributed by atoms with Gasteiger partial charge in [-0.1, -0.05) is 6.92 Å². The smallest absolute Gasteiger partial charge is 0.151 e. The van der Waals surface area contributed by atoms with Gasteiger partial charge in [-0.05, 0) is 31.5 Å². The van der Waals surface area contributed by atoms with Gasteiger partial charge in [0.1, 0.15) is 0 Å². The molecule has 0 aromatic carbocycles. The number of hydrogen-bond donors (Lipinski definition) is 1. The SMILES string of the molecule is CCN(CC(C)CN)c1cccnn1. The lowest BCUT2D eigenvalue weighted by Gasteiger charge is -2.24. The highest BCUT2D eigenvalue weighted by Crippen LogP contribution is 2.09. The van der Waals surface area contributed by atoms with Crippen molar-refractivity contribution in [2.45, 2.75) is 13.8 Å². The molecule has 0 saturated heterocycles. The highest BCUT2D eigenvalue weighted by atomic mass is 15.3. The highest BCUT2D eigenvalue weighted by molar-refractivity contribution is 5.35. The maximum absolute atomic E-state index is 5.59. The van der Waals surface area contributed by atoms with Gasteiger partial charge >= 0.3 is 0 Å². The second kappa shape index (κ2) is 5.54. The molecule has 0 radical (unpaired) electrons. The Balaban J connectivity index is 2.63. The van der Waals surface area contributed by atoms with Crippen LogP contribution in [0.25, 0.3) is 0 Å². The summed E-state index contributed by atoms with van der Waals surface area (Å²) in [5.74, 6) is 1.41. The lowest BCUT2D eigenvalue weighted by atomic mass is 10.1. The van der Waals surface area contributed by atoms with Crippen LogP contribution in [0.5, 0.6) is 0 Å². The molecular weight excluding hydrogens is 176 g/mol. The van der Waals surface area contributed by atoms with E-state index in [0.29, 0.717) is 12.5 Å². The van der Waals surface area contributed by atoms with Crippen LogP contribution < -0.4 is 10.6 Å². The highest BCUT2D eigenvalue weighted by Gasteiger charge is 2.08. The van der Waals surface area contributed by atoms with Gasteiger partial charge in [0.15, 0.2) is 5.82 Å². The third-order valence-corrected chi connectivity index (χ3v) is 2.20. The third kappa shape index (κ3) is 2.96. The Bertz CT molecular complexity index is 250. The van der Waals surface area contributed by atoms with Gasteiger partial charge in [-0.15, -0.1) is 5.10 Å². The summed E-state index contributed by atoms with van der Waals surface area (Å²) < 4.78 is 0. The van der Waals surface area contributed by atoms with E-state index < -0.39 is 0 Å². The second-order valence-corrected chi connectivity index (χ2v) is 3.46. The van der Waals surface area contributed by atoms with Crippen LogP contribution in [-0.4, -0.2) is 29.8 Å². The first-order valence-electron chi connectivity index (χ1n) is 5.00. The molecule has 0 aliphatic carbocycles. The summed E-state index contributed by atoms with van der Waals surface area (Å²) in [4.78, 5) is 2.19. The normalized spacial score (nSPS) is 12.5. The summed E-state index contributed by atoms with van der Waals surface area (Å²) >= 11 is 0. The molecule has 1 rings (SSSR count). The van der Waals surface area contributed by atoms with Crippen molar-refractivity contribution in [2.24, 2.45) is 11.7 Å². The summed E-state index contributed by atoms with van der Waals surface area (Å²) in [7, 11) is 0. The molecule has 0 saturated carbocycles. The molecule has 1 unspecified atom stereocenters. The van der Waals surface area contributed by atoms with Crippen LogP contribution in [-0.2, 0) is 0 Å². The minimum Gasteiger partial charge on any atom is -0.355 e. The second-order valence-electron chi connectivity index (χ2n) is 3.46. The molecular formula is C10H18N4. The van der Waals surface area contributed by atoms with Crippen LogP contribution in [0.2, 0.25) is 0 Å². The van der Waals surface area contributed by atoms with Crippen molar-refractivity contribution < 1.29 is 0 Å². The van der Waals surface area contributed by atoms with Gasteiger partial charge in [0.2, 0.25) is 0 Å². The van der Waals surface area contributed by atoms with Crippen molar-refractivity contribution in [3.05, 3.63) is 18.3 Å². The quantitative estimate of drug-likeness (QED) is 0.756. The van der Waals surface area contributed by atoms with Crippen molar-refractivity contribution in [1.29, 1.82) is 0 Å².